The number of carbonyl (C=O) groups is 1. The van der Waals surface area contributed by atoms with Crippen LogP contribution < -0.4 is 15.2 Å². The number of carbonyl (C=O) groups excluding carboxylic acids is 1. The van der Waals surface area contributed by atoms with E-state index in [9.17, 15) is 13.2 Å². The Morgan fingerprint density at radius 2 is 1.79 bits per heavy atom. The summed E-state index contributed by atoms with van der Waals surface area (Å²) < 4.78 is 28.5. The summed E-state index contributed by atoms with van der Waals surface area (Å²) in [6, 6.07) is 13.5. The summed E-state index contributed by atoms with van der Waals surface area (Å²) in [6.07, 6.45) is 0.575. The molecule has 0 bridgehead atoms. The van der Waals surface area contributed by atoms with Crippen LogP contribution in [-0.2, 0) is 21.2 Å². The van der Waals surface area contributed by atoms with E-state index in [0.29, 0.717) is 18.7 Å². The van der Waals surface area contributed by atoms with E-state index in [4.69, 9.17) is 9.88 Å². The van der Waals surface area contributed by atoms with E-state index in [1.807, 2.05) is 18.2 Å². The first-order chi connectivity index (χ1) is 11.4. The molecule has 6 nitrogen and oxygen atoms in total. The fourth-order valence-corrected chi connectivity index (χ4v) is 2.86. The van der Waals surface area contributed by atoms with Gasteiger partial charge in [0, 0.05) is 6.54 Å². The minimum absolute atomic E-state index is 0.0668. The second-order valence-electron chi connectivity index (χ2n) is 5.01. The number of sulfonamides is 1. The molecule has 8 heteroatoms. The first-order valence-electron chi connectivity index (χ1n) is 7.12. The molecule has 24 heavy (non-hydrogen) atoms. The van der Waals surface area contributed by atoms with Gasteiger partial charge in [-0.1, -0.05) is 24.3 Å². The molecule has 0 heterocycles. The summed E-state index contributed by atoms with van der Waals surface area (Å²) in [6.45, 7) is 0.347. The average Bonchev–Trinajstić information content (AvgIpc) is 2.54. The number of nitrogens with two attached hydrogens (primary N) is 1. The number of nitrogens with one attached hydrogen (secondary N) is 1. The van der Waals surface area contributed by atoms with Crippen LogP contribution in [0.2, 0.25) is 0 Å². The van der Waals surface area contributed by atoms with Crippen molar-refractivity contribution in [2.24, 2.45) is 5.14 Å². The van der Waals surface area contributed by atoms with Crippen molar-refractivity contribution in [3.05, 3.63) is 58.6 Å². The van der Waals surface area contributed by atoms with Crippen LogP contribution in [-0.4, -0.2) is 27.5 Å². The van der Waals surface area contributed by atoms with Crippen LogP contribution in [0.25, 0.3) is 0 Å². The molecular weight excluding hydrogens is 396 g/mol. The second kappa shape index (κ2) is 8.27. The number of amides is 1. The van der Waals surface area contributed by atoms with Crippen LogP contribution in [0.1, 0.15) is 5.56 Å². The van der Waals surface area contributed by atoms with Crippen LogP contribution >= 0.6 is 15.9 Å². The molecule has 2 rings (SSSR count). The summed E-state index contributed by atoms with van der Waals surface area (Å²) in [5, 5.41) is 7.78. The summed E-state index contributed by atoms with van der Waals surface area (Å²) in [5.74, 6) is 0.373. The molecule has 0 spiro atoms. The lowest BCUT2D eigenvalue weighted by molar-refractivity contribution is -0.123. The fourth-order valence-electron chi connectivity index (χ4n) is 1.95. The monoisotopic (exact) mass is 412 g/mol. The van der Waals surface area contributed by atoms with Gasteiger partial charge in [-0.25, -0.2) is 13.6 Å². The van der Waals surface area contributed by atoms with Gasteiger partial charge in [0.15, 0.2) is 6.61 Å². The van der Waals surface area contributed by atoms with E-state index >= 15 is 0 Å². The molecule has 0 atom stereocenters. The molecular formula is C16H17BrN2O4S. The molecule has 0 aromatic heterocycles. The molecule has 0 saturated carbocycles. The Kier molecular flexibility index (Phi) is 6.36. The highest BCUT2D eigenvalue weighted by Crippen LogP contribution is 2.23. The van der Waals surface area contributed by atoms with Crippen molar-refractivity contribution in [2.75, 3.05) is 13.2 Å². The standard InChI is InChI=1S/C16H17BrN2O4S/c17-14-3-1-2-4-15(14)23-11-16(20)19-10-9-12-5-7-13(8-6-12)24(18,21)22/h1-8H,9-11H2,(H,19,20)(H2,18,21,22). The highest BCUT2D eigenvalue weighted by Gasteiger charge is 2.07. The molecule has 2 aromatic carbocycles. The topological polar surface area (TPSA) is 98.5 Å². The highest BCUT2D eigenvalue weighted by atomic mass is 79.9. The van der Waals surface area contributed by atoms with Crippen molar-refractivity contribution in [1.82, 2.24) is 5.32 Å². The third-order valence-electron chi connectivity index (χ3n) is 3.18. The molecule has 0 aliphatic rings. The van der Waals surface area contributed by atoms with E-state index in [0.717, 1.165) is 10.0 Å². The lowest BCUT2D eigenvalue weighted by Gasteiger charge is -2.09. The first-order valence-corrected chi connectivity index (χ1v) is 9.46. The number of primary sulfonamides is 1. The number of rotatable bonds is 7. The number of ether oxygens (including phenoxy) is 1. The average molecular weight is 413 g/mol. The maximum Gasteiger partial charge on any atom is 0.257 e. The van der Waals surface area contributed by atoms with Gasteiger partial charge in [0.05, 0.1) is 9.37 Å². The lowest BCUT2D eigenvalue weighted by Crippen LogP contribution is -2.30. The van der Waals surface area contributed by atoms with Crippen molar-refractivity contribution in [3.8, 4) is 5.75 Å². The summed E-state index contributed by atoms with van der Waals surface area (Å²) in [4.78, 5) is 11.8. The van der Waals surface area contributed by atoms with Gasteiger partial charge in [-0.3, -0.25) is 4.79 Å². The number of hydrogen-bond donors (Lipinski definition) is 2. The van der Waals surface area contributed by atoms with Crippen LogP contribution in [0.4, 0.5) is 0 Å². The van der Waals surface area contributed by atoms with Gasteiger partial charge in [0.1, 0.15) is 5.75 Å². The number of para-hydroxylation sites is 1. The molecule has 0 radical (unpaired) electrons. The van der Waals surface area contributed by atoms with Crippen molar-refractivity contribution in [1.29, 1.82) is 0 Å². The summed E-state index contributed by atoms with van der Waals surface area (Å²) in [7, 11) is -3.68. The molecule has 0 aliphatic heterocycles. The molecule has 0 fully saturated rings. The molecule has 0 saturated heterocycles. The Bertz CT molecular complexity index is 807. The molecule has 128 valence electrons. The van der Waals surface area contributed by atoms with Gasteiger partial charge in [-0.2, -0.15) is 0 Å². The maximum atomic E-state index is 11.8. The van der Waals surface area contributed by atoms with Gasteiger partial charge in [-0.05, 0) is 52.2 Å². The van der Waals surface area contributed by atoms with Crippen molar-refractivity contribution >= 4 is 31.9 Å². The van der Waals surface area contributed by atoms with Crippen molar-refractivity contribution in [2.45, 2.75) is 11.3 Å². The molecule has 0 unspecified atom stereocenters. The van der Waals surface area contributed by atoms with E-state index < -0.39 is 10.0 Å². The summed E-state index contributed by atoms with van der Waals surface area (Å²) >= 11 is 3.34. The minimum Gasteiger partial charge on any atom is -0.483 e. The smallest absolute Gasteiger partial charge is 0.257 e. The zero-order valence-electron chi connectivity index (χ0n) is 12.7. The fraction of sp³-hybridized carbons (Fsp3) is 0.188. The van der Waals surface area contributed by atoms with E-state index in [1.165, 1.54) is 12.1 Å². The van der Waals surface area contributed by atoms with E-state index in [-0.39, 0.29) is 17.4 Å². The number of benzene rings is 2. The highest BCUT2D eigenvalue weighted by molar-refractivity contribution is 9.10. The first kappa shape index (κ1) is 18.4. The van der Waals surface area contributed by atoms with Crippen LogP contribution in [0.15, 0.2) is 57.9 Å². The van der Waals surface area contributed by atoms with Gasteiger partial charge >= 0.3 is 0 Å². The molecule has 0 aliphatic carbocycles. The molecule has 2 aromatic rings. The quantitative estimate of drug-likeness (QED) is 0.724. The third-order valence-corrected chi connectivity index (χ3v) is 4.77. The predicted octanol–water partition coefficient (Wildman–Crippen LogP) is 1.83. The van der Waals surface area contributed by atoms with Gasteiger partial charge < -0.3 is 10.1 Å². The molecule has 1 amide bonds. The zero-order chi connectivity index (χ0) is 17.6. The van der Waals surface area contributed by atoms with Gasteiger partial charge in [0.25, 0.3) is 5.91 Å². The van der Waals surface area contributed by atoms with Crippen LogP contribution in [0.3, 0.4) is 0 Å². The Balaban J connectivity index is 1.75. The number of hydrogen-bond acceptors (Lipinski definition) is 4. The van der Waals surface area contributed by atoms with Crippen LogP contribution in [0.5, 0.6) is 5.75 Å². The van der Waals surface area contributed by atoms with Crippen LogP contribution in [0, 0.1) is 0 Å². The Hall–Kier alpha value is -1.90. The SMILES string of the molecule is NS(=O)(=O)c1ccc(CCNC(=O)COc2ccccc2Br)cc1. The Morgan fingerprint density at radius 3 is 2.42 bits per heavy atom. The van der Waals surface area contributed by atoms with Gasteiger partial charge in [-0.15, -0.1) is 0 Å². The zero-order valence-corrected chi connectivity index (χ0v) is 15.1. The van der Waals surface area contributed by atoms with E-state index in [1.54, 1.807) is 18.2 Å². The van der Waals surface area contributed by atoms with Crippen molar-refractivity contribution < 1.29 is 17.9 Å². The minimum atomic E-state index is -3.68. The summed E-state index contributed by atoms with van der Waals surface area (Å²) in [5.41, 5.74) is 0.898. The van der Waals surface area contributed by atoms with Gasteiger partial charge in [0.2, 0.25) is 10.0 Å². The second-order valence-corrected chi connectivity index (χ2v) is 7.42. The Labute approximate surface area is 149 Å². The normalized spacial score (nSPS) is 11.1. The molecule has 3 N–H and O–H groups in total. The van der Waals surface area contributed by atoms with Crippen molar-refractivity contribution in [3.63, 3.8) is 0 Å². The number of halogens is 1. The van der Waals surface area contributed by atoms with E-state index in [2.05, 4.69) is 21.2 Å². The maximum absolute atomic E-state index is 11.8. The largest absolute Gasteiger partial charge is 0.483 e. The predicted molar refractivity (Wildman–Crippen MR) is 94.2 cm³/mol. The lowest BCUT2D eigenvalue weighted by atomic mass is 10.1. The Morgan fingerprint density at radius 1 is 1.12 bits per heavy atom. The third kappa shape index (κ3) is 5.63.